The lowest BCUT2D eigenvalue weighted by atomic mass is 10.2. The van der Waals surface area contributed by atoms with Crippen LogP contribution in [0.5, 0.6) is 0 Å². The van der Waals surface area contributed by atoms with E-state index in [-0.39, 0.29) is 12.5 Å². The summed E-state index contributed by atoms with van der Waals surface area (Å²) in [7, 11) is 0. The smallest absolute Gasteiger partial charge is 0.333 e. The van der Waals surface area contributed by atoms with Crippen molar-refractivity contribution in [3.05, 3.63) is 42.3 Å². The highest BCUT2D eigenvalue weighted by molar-refractivity contribution is 6.01. The Bertz CT molecular complexity index is 441. The van der Waals surface area contributed by atoms with Gasteiger partial charge in [-0.1, -0.05) is 30.3 Å². The summed E-state index contributed by atoms with van der Waals surface area (Å²) in [4.78, 5) is 25.2. The zero-order chi connectivity index (χ0) is 13.7. The van der Waals surface area contributed by atoms with Crippen molar-refractivity contribution in [3.63, 3.8) is 0 Å². The molecule has 1 aromatic carbocycles. The minimum atomic E-state index is -1.23. The van der Waals surface area contributed by atoms with Crippen molar-refractivity contribution < 1.29 is 14.3 Å². The zero-order valence-electron chi connectivity index (χ0n) is 10.6. The van der Waals surface area contributed by atoms with E-state index in [4.69, 9.17) is 10.5 Å². The van der Waals surface area contributed by atoms with Crippen LogP contribution in [0.4, 0.5) is 0 Å². The van der Waals surface area contributed by atoms with Gasteiger partial charge in [0.25, 0.3) is 5.91 Å². The summed E-state index contributed by atoms with van der Waals surface area (Å²) >= 11 is 0. The molecule has 2 N–H and O–H groups in total. The third-order valence-corrected chi connectivity index (χ3v) is 3.01. The van der Waals surface area contributed by atoms with Crippen LogP contribution in [-0.2, 0) is 20.9 Å². The molecule has 1 heterocycles. The molecule has 1 aliphatic rings. The van der Waals surface area contributed by atoms with E-state index in [0.717, 1.165) is 12.0 Å². The number of carbonyl (C=O) groups excluding carboxylic acids is 2. The van der Waals surface area contributed by atoms with Crippen LogP contribution in [0.15, 0.2) is 30.3 Å². The molecule has 0 bridgehead atoms. The Morgan fingerprint density at radius 2 is 2.05 bits per heavy atom. The predicted octanol–water partition coefficient (Wildman–Crippen LogP) is 0.494. The lowest BCUT2D eigenvalue weighted by molar-refractivity contribution is -0.152. The maximum absolute atomic E-state index is 11.9. The molecule has 1 fully saturated rings. The van der Waals surface area contributed by atoms with Gasteiger partial charge in [0.15, 0.2) is 6.04 Å². The van der Waals surface area contributed by atoms with Gasteiger partial charge in [0.05, 0.1) is 0 Å². The van der Waals surface area contributed by atoms with Gasteiger partial charge in [-0.25, -0.2) is 4.79 Å². The maximum Gasteiger partial charge on any atom is 0.333 e. The number of ether oxygens (including phenoxy) is 1. The molecular weight excluding hydrogens is 244 g/mol. The van der Waals surface area contributed by atoms with E-state index in [1.54, 1.807) is 4.90 Å². The minimum absolute atomic E-state index is 0.132. The summed E-state index contributed by atoms with van der Waals surface area (Å²) in [6, 6.07) is 8.05. The predicted molar refractivity (Wildman–Crippen MR) is 69.7 cm³/mol. The quantitative estimate of drug-likeness (QED) is 0.632. The summed E-state index contributed by atoms with van der Waals surface area (Å²) in [5.74, 6) is -1.05. The van der Waals surface area contributed by atoms with Crippen molar-refractivity contribution in [3.8, 4) is 0 Å². The van der Waals surface area contributed by atoms with Gasteiger partial charge in [0, 0.05) is 13.1 Å². The van der Waals surface area contributed by atoms with Crippen LogP contribution in [-0.4, -0.2) is 35.9 Å². The molecule has 1 saturated heterocycles. The van der Waals surface area contributed by atoms with Gasteiger partial charge < -0.3 is 15.4 Å². The van der Waals surface area contributed by atoms with Crippen molar-refractivity contribution in [1.82, 2.24) is 4.90 Å². The molecule has 2 rings (SSSR count). The fraction of sp³-hybridized carbons (Fsp3) is 0.357. The zero-order valence-corrected chi connectivity index (χ0v) is 10.6. The topological polar surface area (TPSA) is 72.6 Å². The number of rotatable bonds is 4. The van der Waals surface area contributed by atoms with Crippen LogP contribution < -0.4 is 5.73 Å². The number of likely N-dealkylation sites (tertiary alicyclic amines) is 1. The van der Waals surface area contributed by atoms with Gasteiger partial charge in [-0.3, -0.25) is 4.79 Å². The number of benzene rings is 1. The van der Waals surface area contributed by atoms with Gasteiger partial charge in [-0.05, 0) is 18.4 Å². The first-order valence-electron chi connectivity index (χ1n) is 6.25. The summed E-state index contributed by atoms with van der Waals surface area (Å²) in [6.45, 7) is 1.31. The van der Waals surface area contributed by atoms with E-state index in [2.05, 4.69) is 0 Å². The van der Waals surface area contributed by atoms with Crippen molar-refractivity contribution >= 4 is 11.9 Å². The molecule has 0 aromatic heterocycles. The average Bonchev–Trinajstić information content (AvgIpc) is 2.98. The van der Waals surface area contributed by atoms with Gasteiger partial charge >= 0.3 is 5.97 Å². The summed E-state index contributed by atoms with van der Waals surface area (Å²) in [5, 5.41) is 0. The van der Waals surface area contributed by atoms with Crippen molar-refractivity contribution in [2.45, 2.75) is 19.1 Å². The molecule has 0 saturated carbocycles. The highest BCUT2D eigenvalue weighted by atomic mass is 16.5. The number of carbonyl (C=O) groups is 2. The Kier molecular flexibility index (Phi) is 4.52. The summed E-state index contributed by atoms with van der Waals surface area (Å²) < 4.78 is 5.05. The van der Waals surface area contributed by atoms with E-state index in [1.165, 1.54) is 0 Å². The number of nitrogens with zero attached hydrogens (tertiary/aromatic N) is 1. The second-order valence-electron chi connectivity index (χ2n) is 4.43. The molecule has 101 valence electrons. The van der Waals surface area contributed by atoms with E-state index in [1.807, 2.05) is 36.8 Å². The molecule has 1 aromatic rings. The first kappa shape index (κ1) is 13.5. The summed E-state index contributed by atoms with van der Waals surface area (Å²) in [6.07, 6.45) is 2.83. The van der Waals surface area contributed by atoms with Gasteiger partial charge in [0.1, 0.15) is 6.61 Å². The Morgan fingerprint density at radius 1 is 1.32 bits per heavy atom. The lowest BCUT2D eigenvalue weighted by Crippen LogP contribution is -2.47. The van der Waals surface area contributed by atoms with Crippen LogP contribution in [0.2, 0.25) is 0 Å². The molecule has 1 aliphatic heterocycles. The van der Waals surface area contributed by atoms with Crippen LogP contribution >= 0.6 is 0 Å². The monoisotopic (exact) mass is 261 g/mol. The molecule has 5 heteroatoms. The number of esters is 1. The molecule has 5 nitrogen and oxygen atoms in total. The van der Waals surface area contributed by atoms with E-state index >= 15 is 0 Å². The molecule has 1 atom stereocenters. The Hall–Kier alpha value is -1.88. The first-order chi connectivity index (χ1) is 9.18. The number of hydrogen-bond acceptors (Lipinski definition) is 4. The lowest BCUT2D eigenvalue weighted by Gasteiger charge is -2.19. The Labute approximate surface area is 112 Å². The molecule has 0 aliphatic carbocycles. The van der Waals surface area contributed by atoms with Gasteiger partial charge in [-0.15, -0.1) is 0 Å². The average molecular weight is 261 g/mol. The molecule has 0 spiro atoms. The Morgan fingerprint density at radius 3 is 2.68 bits per heavy atom. The number of hydrogen-bond donors (Lipinski definition) is 1. The fourth-order valence-electron chi connectivity index (χ4n) is 1.90. The third kappa shape index (κ3) is 3.54. The van der Waals surface area contributed by atoms with Crippen LogP contribution in [0.3, 0.4) is 0 Å². The molecule has 19 heavy (non-hydrogen) atoms. The number of amides is 1. The SMILES string of the molecule is NC(C(=O)OCc1ccccc1)C(=O)N1C[CH]CC1. The van der Waals surface area contributed by atoms with Crippen molar-refractivity contribution in [2.24, 2.45) is 5.73 Å². The normalized spacial score (nSPS) is 16.2. The molecule has 1 unspecified atom stereocenters. The van der Waals surface area contributed by atoms with Crippen LogP contribution in [0.25, 0.3) is 0 Å². The van der Waals surface area contributed by atoms with E-state index < -0.39 is 12.0 Å². The minimum Gasteiger partial charge on any atom is -0.459 e. The van der Waals surface area contributed by atoms with Crippen LogP contribution in [0, 0.1) is 6.42 Å². The van der Waals surface area contributed by atoms with E-state index in [9.17, 15) is 9.59 Å². The van der Waals surface area contributed by atoms with Crippen molar-refractivity contribution in [1.29, 1.82) is 0 Å². The molecule has 1 amide bonds. The largest absolute Gasteiger partial charge is 0.459 e. The molecule has 1 radical (unpaired) electrons. The van der Waals surface area contributed by atoms with Crippen LogP contribution in [0.1, 0.15) is 12.0 Å². The fourth-order valence-corrected chi connectivity index (χ4v) is 1.90. The first-order valence-corrected chi connectivity index (χ1v) is 6.25. The second kappa shape index (κ2) is 6.33. The maximum atomic E-state index is 11.9. The highest BCUT2D eigenvalue weighted by Crippen LogP contribution is 2.08. The van der Waals surface area contributed by atoms with Crippen molar-refractivity contribution in [2.75, 3.05) is 13.1 Å². The standard InChI is InChI=1S/C14H17N2O3/c15-12(13(17)16-8-4-5-9-16)14(18)19-10-11-6-2-1-3-7-11/h1-4,6-7,12H,5,8-10,15H2. The molecular formula is C14H17N2O3. The van der Waals surface area contributed by atoms with Gasteiger partial charge in [-0.2, -0.15) is 0 Å². The van der Waals surface area contributed by atoms with E-state index in [0.29, 0.717) is 13.1 Å². The Balaban J connectivity index is 1.83. The van der Waals surface area contributed by atoms with Gasteiger partial charge in [0.2, 0.25) is 0 Å². The number of nitrogens with two attached hydrogens (primary N) is 1. The third-order valence-electron chi connectivity index (χ3n) is 3.01. The highest BCUT2D eigenvalue weighted by Gasteiger charge is 2.29. The summed E-state index contributed by atoms with van der Waals surface area (Å²) in [5.41, 5.74) is 6.49. The second-order valence-corrected chi connectivity index (χ2v) is 4.43.